The minimum atomic E-state index is 0. The molecule has 6 heteroatoms. The number of allylic oxidation sites excluding steroid dienone is 14. The molecule has 3 atom stereocenters. The normalized spacial score (nSPS) is 11.7. The van der Waals surface area contributed by atoms with Crippen molar-refractivity contribution in [2.24, 2.45) is 17.8 Å². The van der Waals surface area contributed by atoms with E-state index in [2.05, 4.69) is 161 Å². The predicted octanol–water partition coefficient (Wildman–Crippen LogP) is 17.0. The Kier molecular flexibility index (Phi) is 66.5. The molecule has 2 unspecified atom stereocenters. The standard InChI is InChI=1S/3C10H20O.3C10H18O.3H2/c6*1-9(2)5-4-6-10(3)7-8-11;;;/h3*5,10-11H,4,6-8H2,1-3H3;2*5,7,11H,4,6,8H2,1-3H3;5,11H,3-4,6-8H2,1-2H3;3*1H/b;;;10-7+;10-7-;;;;/t10-;;;;;;;;/m1......../s1. The molecule has 6 nitrogen and oxygen atoms in total. The summed E-state index contributed by atoms with van der Waals surface area (Å²) in [5.41, 5.74) is 11.9. The van der Waals surface area contributed by atoms with Crippen LogP contribution in [-0.4, -0.2) is 70.3 Å². The van der Waals surface area contributed by atoms with Gasteiger partial charge in [-0.05, 0) is 217 Å². The van der Waals surface area contributed by atoms with E-state index in [-0.39, 0.29) is 24.1 Å². The second-order valence-electron chi connectivity index (χ2n) is 19.6. The highest BCUT2D eigenvalue weighted by Gasteiger charge is 2.00. The van der Waals surface area contributed by atoms with Gasteiger partial charge in [0, 0.05) is 30.7 Å². The third kappa shape index (κ3) is 84.8. The maximum absolute atomic E-state index is 8.63. The monoisotopic (exact) mass is 937 g/mol. The van der Waals surface area contributed by atoms with Crippen molar-refractivity contribution < 1.29 is 34.9 Å². The van der Waals surface area contributed by atoms with Crippen molar-refractivity contribution in [2.45, 2.75) is 220 Å². The quantitative estimate of drug-likeness (QED) is 0.0435. The van der Waals surface area contributed by atoms with Crippen molar-refractivity contribution in [3.63, 3.8) is 0 Å². The van der Waals surface area contributed by atoms with E-state index in [0.717, 1.165) is 89.0 Å². The van der Waals surface area contributed by atoms with Gasteiger partial charge in [-0.2, -0.15) is 0 Å². The van der Waals surface area contributed by atoms with Gasteiger partial charge in [0.1, 0.15) is 0 Å². The Labute approximate surface area is 416 Å². The molecule has 0 saturated heterocycles. The van der Waals surface area contributed by atoms with Crippen LogP contribution in [0, 0.1) is 17.8 Å². The summed E-state index contributed by atoms with van der Waals surface area (Å²) in [5, 5.41) is 51.6. The van der Waals surface area contributed by atoms with Crippen LogP contribution in [0.3, 0.4) is 0 Å². The topological polar surface area (TPSA) is 121 Å². The SMILES string of the molecule is C=C(CCO)CCC=C(C)C.CC(C)=CCC/C(C)=C/CO.CC(C)=CCC/C(C)=C\CO.CC(C)=CCCC(C)CCO.CC(C)=CCCC(C)CCO.CC(C)=CCC[C@@H](C)CCO.[HH].[HH].[HH]. The summed E-state index contributed by atoms with van der Waals surface area (Å²) in [6, 6.07) is 0. The van der Waals surface area contributed by atoms with Crippen LogP contribution in [0.4, 0.5) is 0 Å². The van der Waals surface area contributed by atoms with Crippen LogP contribution in [0.1, 0.15) is 225 Å². The molecule has 6 N–H and O–H groups in total. The Bertz CT molecular complexity index is 1210. The summed E-state index contributed by atoms with van der Waals surface area (Å²) < 4.78 is 0. The third-order valence-electron chi connectivity index (χ3n) is 10.1. The zero-order valence-corrected chi connectivity index (χ0v) is 46.8. The molecule has 0 radical (unpaired) electrons. The van der Waals surface area contributed by atoms with Gasteiger partial charge in [0.2, 0.25) is 0 Å². The van der Waals surface area contributed by atoms with Crippen molar-refractivity contribution >= 4 is 0 Å². The third-order valence-corrected chi connectivity index (χ3v) is 10.1. The van der Waals surface area contributed by atoms with Gasteiger partial charge in [0.05, 0.1) is 13.2 Å². The highest BCUT2D eigenvalue weighted by Crippen LogP contribution is 2.13. The molecule has 0 aromatic carbocycles. The number of aliphatic hydroxyl groups excluding tert-OH is 6. The summed E-state index contributed by atoms with van der Waals surface area (Å²) in [5.74, 6) is 1.99. The predicted molar refractivity (Wildman–Crippen MR) is 303 cm³/mol. The minimum Gasteiger partial charge on any atom is -0.396 e. The van der Waals surface area contributed by atoms with Crippen molar-refractivity contribution in [1.82, 2.24) is 0 Å². The van der Waals surface area contributed by atoms with Gasteiger partial charge in [-0.25, -0.2) is 0 Å². The van der Waals surface area contributed by atoms with Crippen molar-refractivity contribution in [3.05, 3.63) is 105 Å². The molecule has 0 aliphatic rings. The molecule has 0 aliphatic heterocycles. The number of rotatable bonds is 28. The van der Waals surface area contributed by atoms with Crippen LogP contribution >= 0.6 is 0 Å². The highest BCUT2D eigenvalue weighted by molar-refractivity contribution is 5.03. The van der Waals surface area contributed by atoms with Gasteiger partial charge < -0.3 is 30.6 Å². The fourth-order valence-corrected chi connectivity index (χ4v) is 5.60. The van der Waals surface area contributed by atoms with Crippen molar-refractivity contribution in [1.29, 1.82) is 0 Å². The molecule has 0 fully saturated rings. The molecule has 0 heterocycles. The Balaban J connectivity index is -0.0000000887. The van der Waals surface area contributed by atoms with E-state index >= 15 is 0 Å². The lowest BCUT2D eigenvalue weighted by atomic mass is 10.0. The average Bonchev–Trinajstić information content (AvgIpc) is 3.19. The molecule has 0 rings (SSSR count). The van der Waals surface area contributed by atoms with E-state index < -0.39 is 0 Å². The molecule has 66 heavy (non-hydrogen) atoms. The summed E-state index contributed by atoms with van der Waals surface area (Å²) in [7, 11) is 0. The van der Waals surface area contributed by atoms with Gasteiger partial charge in [-0.1, -0.05) is 126 Å². The Morgan fingerprint density at radius 3 is 0.788 bits per heavy atom. The molecule has 0 amide bonds. The zero-order chi connectivity index (χ0) is 52.1. The van der Waals surface area contributed by atoms with Gasteiger partial charge in [-0.15, -0.1) is 0 Å². The summed E-state index contributed by atoms with van der Waals surface area (Å²) in [6.45, 7) is 41.4. The second kappa shape index (κ2) is 58.5. The maximum Gasteiger partial charge on any atom is 0.0614 e. The molecule has 0 bridgehead atoms. The highest BCUT2D eigenvalue weighted by atomic mass is 16.3. The lowest BCUT2D eigenvalue weighted by molar-refractivity contribution is 0.258. The lowest BCUT2D eigenvalue weighted by Gasteiger charge is -2.06. The summed E-state index contributed by atoms with van der Waals surface area (Å²) in [4.78, 5) is 0. The van der Waals surface area contributed by atoms with Crippen molar-refractivity contribution in [2.75, 3.05) is 39.6 Å². The largest absolute Gasteiger partial charge is 0.396 e. The lowest BCUT2D eigenvalue weighted by Crippen LogP contribution is -1.96. The first-order valence-electron chi connectivity index (χ1n) is 25.4. The molecule has 0 aliphatic carbocycles. The average molecular weight is 938 g/mol. The minimum absolute atomic E-state index is 0. The Morgan fingerprint density at radius 1 is 0.333 bits per heavy atom. The molecule has 396 valence electrons. The van der Waals surface area contributed by atoms with Crippen LogP contribution < -0.4 is 0 Å². The van der Waals surface area contributed by atoms with E-state index in [1.54, 1.807) is 0 Å². The van der Waals surface area contributed by atoms with Crippen LogP contribution in [0.5, 0.6) is 0 Å². The van der Waals surface area contributed by atoms with Gasteiger partial charge in [0.25, 0.3) is 0 Å². The summed E-state index contributed by atoms with van der Waals surface area (Å²) >= 11 is 0. The van der Waals surface area contributed by atoms with Crippen LogP contribution in [0.25, 0.3) is 0 Å². The van der Waals surface area contributed by atoms with Crippen molar-refractivity contribution in [3.8, 4) is 0 Å². The summed E-state index contributed by atoms with van der Waals surface area (Å²) in [6.07, 6.45) is 34.1. The molecule has 0 aromatic heterocycles. The fourth-order valence-electron chi connectivity index (χ4n) is 5.60. The first-order valence-corrected chi connectivity index (χ1v) is 25.4. The smallest absolute Gasteiger partial charge is 0.0614 e. The molecule has 0 spiro atoms. The second-order valence-corrected chi connectivity index (χ2v) is 19.6. The molecular weight excluding hydrogens is 817 g/mol. The van der Waals surface area contributed by atoms with E-state index in [4.69, 9.17) is 30.6 Å². The Hall–Kier alpha value is -2.58. The van der Waals surface area contributed by atoms with Gasteiger partial charge >= 0.3 is 0 Å². The van der Waals surface area contributed by atoms with Crippen LogP contribution in [0.15, 0.2) is 105 Å². The Morgan fingerprint density at radius 2 is 0.576 bits per heavy atom. The molecule has 0 aromatic rings. The van der Waals surface area contributed by atoms with Crippen LogP contribution in [-0.2, 0) is 0 Å². The number of hydrogen-bond donors (Lipinski definition) is 6. The number of aliphatic hydroxyl groups is 6. The maximum atomic E-state index is 8.63. The molecular formula is C60H120O6. The first-order chi connectivity index (χ1) is 31.0. The zero-order valence-electron chi connectivity index (χ0n) is 46.8. The van der Waals surface area contributed by atoms with E-state index in [9.17, 15) is 0 Å². The fraction of sp³-hybridized carbons (Fsp3) is 0.700. The van der Waals surface area contributed by atoms with E-state index in [0.29, 0.717) is 37.6 Å². The first kappa shape index (κ1) is 74.9. The van der Waals surface area contributed by atoms with Gasteiger partial charge in [-0.3, -0.25) is 0 Å². The van der Waals surface area contributed by atoms with E-state index in [1.165, 1.54) is 63.8 Å². The van der Waals surface area contributed by atoms with Crippen LogP contribution in [0.2, 0.25) is 0 Å². The molecule has 0 saturated carbocycles. The number of hydrogen-bond acceptors (Lipinski definition) is 6. The van der Waals surface area contributed by atoms with Gasteiger partial charge in [0.15, 0.2) is 0 Å². The van der Waals surface area contributed by atoms with E-state index in [1.807, 2.05) is 12.2 Å².